The standard InChI is InChI=1S/C14H23NO/c1-8(11-4-5-16-7-11)15-14-12-9-2-3-10(6-9)13(12)14/h8-15H,2-7H2,1H3. The van der Waals surface area contributed by atoms with E-state index in [1.165, 1.54) is 19.3 Å². The molecule has 4 aliphatic rings. The molecule has 3 aliphatic carbocycles. The molecule has 6 atom stereocenters. The fourth-order valence-corrected chi connectivity index (χ4v) is 4.93. The number of rotatable bonds is 3. The summed E-state index contributed by atoms with van der Waals surface area (Å²) in [5.74, 6) is 5.12. The molecule has 6 unspecified atom stereocenters. The van der Waals surface area contributed by atoms with Gasteiger partial charge in [0.05, 0.1) is 6.61 Å². The zero-order valence-electron chi connectivity index (χ0n) is 10.2. The molecule has 1 heterocycles. The number of ether oxygens (including phenoxy) is 1. The summed E-state index contributed by atoms with van der Waals surface area (Å²) < 4.78 is 5.49. The zero-order chi connectivity index (χ0) is 10.7. The molecule has 2 heteroatoms. The molecule has 1 aliphatic heterocycles. The second-order valence-corrected chi connectivity index (χ2v) is 6.59. The highest BCUT2D eigenvalue weighted by Gasteiger charge is 2.64. The van der Waals surface area contributed by atoms with Crippen molar-refractivity contribution in [1.29, 1.82) is 0 Å². The molecule has 16 heavy (non-hydrogen) atoms. The number of nitrogens with one attached hydrogen (secondary N) is 1. The van der Waals surface area contributed by atoms with Crippen LogP contribution in [0.5, 0.6) is 0 Å². The van der Waals surface area contributed by atoms with Crippen molar-refractivity contribution in [2.45, 2.75) is 44.7 Å². The van der Waals surface area contributed by atoms with Crippen LogP contribution in [0.2, 0.25) is 0 Å². The van der Waals surface area contributed by atoms with E-state index in [1.54, 1.807) is 6.42 Å². The third kappa shape index (κ3) is 1.32. The van der Waals surface area contributed by atoms with Crippen molar-refractivity contribution in [2.75, 3.05) is 13.2 Å². The second-order valence-electron chi connectivity index (χ2n) is 6.59. The Hall–Kier alpha value is -0.0800. The van der Waals surface area contributed by atoms with Crippen molar-refractivity contribution in [1.82, 2.24) is 5.32 Å². The van der Waals surface area contributed by atoms with Crippen LogP contribution in [-0.2, 0) is 4.74 Å². The van der Waals surface area contributed by atoms with Crippen LogP contribution in [0, 0.1) is 29.6 Å². The normalized spacial score (nSPS) is 55.3. The van der Waals surface area contributed by atoms with Gasteiger partial charge in [-0.05, 0) is 62.2 Å². The Morgan fingerprint density at radius 2 is 1.88 bits per heavy atom. The van der Waals surface area contributed by atoms with Gasteiger partial charge in [-0.1, -0.05) is 0 Å². The van der Waals surface area contributed by atoms with E-state index in [4.69, 9.17) is 4.74 Å². The van der Waals surface area contributed by atoms with Crippen LogP contribution >= 0.6 is 0 Å². The maximum Gasteiger partial charge on any atom is 0.0509 e. The van der Waals surface area contributed by atoms with Crippen LogP contribution < -0.4 is 5.32 Å². The van der Waals surface area contributed by atoms with Gasteiger partial charge in [0.15, 0.2) is 0 Å². The zero-order valence-corrected chi connectivity index (χ0v) is 10.2. The van der Waals surface area contributed by atoms with E-state index in [9.17, 15) is 0 Å². The summed E-state index contributed by atoms with van der Waals surface area (Å²) in [7, 11) is 0. The molecule has 0 aromatic rings. The first-order chi connectivity index (χ1) is 7.84. The average molecular weight is 221 g/mol. The molecule has 4 rings (SSSR count). The first-order valence-corrected chi connectivity index (χ1v) is 7.18. The Bertz CT molecular complexity index is 270. The summed E-state index contributed by atoms with van der Waals surface area (Å²) >= 11 is 0. The summed E-state index contributed by atoms with van der Waals surface area (Å²) in [5, 5.41) is 3.92. The van der Waals surface area contributed by atoms with Gasteiger partial charge in [0.2, 0.25) is 0 Å². The maximum atomic E-state index is 5.49. The molecule has 1 N–H and O–H groups in total. The van der Waals surface area contributed by atoms with Gasteiger partial charge in [0, 0.05) is 18.7 Å². The van der Waals surface area contributed by atoms with Gasteiger partial charge in [-0.25, -0.2) is 0 Å². The molecule has 90 valence electrons. The molecule has 0 aromatic heterocycles. The van der Waals surface area contributed by atoms with Crippen LogP contribution in [0.25, 0.3) is 0 Å². The lowest BCUT2D eigenvalue weighted by Gasteiger charge is -2.21. The summed E-state index contributed by atoms with van der Waals surface area (Å²) in [6.07, 6.45) is 5.90. The molecule has 0 aromatic carbocycles. The van der Waals surface area contributed by atoms with Crippen LogP contribution in [0.15, 0.2) is 0 Å². The van der Waals surface area contributed by atoms with E-state index in [0.29, 0.717) is 6.04 Å². The minimum Gasteiger partial charge on any atom is -0.381 e. The van der Waals surface area contributed by atoms with Crippen molar-refractivity contribution >= 4 is 0 Å². The first kappa shape index (κ1) is 9.90. The van der Waals surface area contributed by atoms with Gasteiger partial charge in [-0.2, -0.15) is 0 Å². The highest BCUT2D eigenvalue weighted by molar-refractivity contribution is 5.17. The topological polar surface area (TPSA) is 21.3 Å². The molecular formula is C14H23NO. The molecular weight excluding hydrogens is 198 g/mol. The van der Waals surface area contributed by atoms with Crippen LogP contribution in [-0.4, -0.2) is 25.3 Å². The molecule has 0 amide bonds. The lowest BCUT2D eigenvalue weighted by Crippen LogP contribution is -2.37. The van der Waals surface area contributed by atoms with Gasteiger partial charge in [-0.3, -0.25) is 0 Å². The first-order valence-electron chi connectivity index (χ1n) is 7.18. The summed E-state index contributed by atoms with van der Waals surface area (Å²) in [6.45, 7) is 4.35. The average Bonchev–Trinajstić information content (AvgIpc) is 2.81. The van der Waals surface area contributed by atoms with Gasteiger partial charge in [-0.15, -0.1) is 0 Å². The molecule has 2 nitrogen and oxygen atoms in total. The number of hydrogen-bond acceptors (Lipinski definition) is 2. The summed E-state index contributed by atoms with van der Waals surface area (Å²) in [6, 6.07) is 1.57. The molecule has 3 saturated carbocycles. The third-order valence-corrected chi connectivity index (χ3v) is 5.86. The van der Waals surface area contributed by atoms with Crippen LogP contribution in [0.3, 0.4) is 0 Å². The lowest BCUT2D eigenvalue weighted by molar-refractivity contribution is 0.177. The maximum absolute atomic E-state index is 5.49. The van der Waals surface area contributed by atoms with E-state index in [2.05, 4.69) is 12.2 Å². The Labute approximate surface area is 98.1 Å². The smallest absolute Gasteiger partial charge is 0.0509 e. The summed E-state index contributed by atoms with van der Waals surface area (Å²) in [4.78, 5) is 0. The van der Waals surface area contributed by atoms with Crippen LogP contribution in [0.1, 0.15) is 32.6 Å². The third-order valence-electron chi connectivity index (χ3n) is 5.86. The van der Waals surface area contributed by atoms with Crippen molar-refractivity contribution in [3.63, 3.8) is 0 Å². The van der Waals surface area contributed by atoms with Crippen LogP contribution in [0.4, 0.5) is 0 Å². The van der Waals surface area contributed by atoms with E-state index in [-0.39, 0.29) is 0 Å². The van der Waals surface area contributed by atoms with E-state index >= 15 is 0 Å². The number of fused-ring (bicyclic) bond motifs is 5. The van der Waals surface area contributed by atoms with E-state index < -0.39 is 0 Å². The van der Waals surface area contributed by atoms with Crippen molar-refractivity contribution in [3.8, 4) is 0 Å². The quantitative estimate of drug-likeness (QED) is 0.787. The highest BCUT2D eigenvalue weighted by Crippen LogP contribution is 2.65. The minimum atomic E-state index is 0.678. The molecule has 1 saturated heterocycles. The largest absolute Gasteiger partial charge is 0.381 e. The van der Waals surface area contributed by atoms with Crippen molar-refractivity contribution in [2.24, 2.45) is 29.6 Å². The Balaban J connectivity index is 1.36. The van der Waals surface area contributed by atoms with Gasteiger partial charge < -0.3 is 10.1 Å². The fraction of sp³-hybridized carbons (Fsp3) is 1.00. The van der Waals surface area contributed by atoms with E-state index in [0.717, 1.165) is 48.8 Å². The SMILES string of the molecule is CC(NC1C2C3CCC(C3)C12)C1CCOC1. The van der Waals surface area contributed by atoms with E-state index in [1.807, 2.05) is 0 Å². The fourth-order valence-electron chi connectivity index (χ4n) is 4.93. The Kier molecular flexibility index (Phi) is 2.14. The second kappa shape index (κ2) is 3.46. The van der Waals surface area contributed by atoms with Crippen molar-refractivity contribution < 1.29 is 4.74 Å². The molecule has 0 radical (unpaired) electrons. The predicted molar refractivity (Wildman–Crippen MR) is 63.1 cm³/mol. The van der Waals surface area contributed by atoms with Gasteiger partial charge in [0.25, 0.3) is 0 Å². The lowest BCUT2D eigenvalue weighted by atomic mass is 9.99. The Morgan fingerprint density at radius 3 is 2.50 bits per heavy atom. The predicted octanol–water partition coefficient (Wildman–Crippen LogP) is 2.05. The van der Waals surface area contributed by atoms with Gasteiger partial charge >= 0.3 is 0 Å². The molecule has 2 bridgehead atoms. The minimum absolute atomic E-state index is 0.678. The summed E-state index contributed by atoms with van der Waals surface area (Å²) in [5.41, 5.74) is 0. The van der Waals surface area contributed by atoms with Crippen molar-refractivity contribution in [3.05, 3.63) is 0 Å². The molecule has 0 spiro atoms. The Morgan fingerprint density at radius 1 is 1.12 bits per heavy atom. The monoisotopic (exact) mass is 221 g/mol. The van der Waals surface area contributed by atoms with Gasteiger partial charge in [0.1, 0.15) is 0 Å². The number of hydrogen-bond donors (Lipinski definition) is 1. The molecule has 4 fully saturated rings. The highest BCUT2D eigenvalue weighted by atomic mass is 16.5.